The summed E-state index contributed by atoms with van der Waals surface area (Å²) in [5.41, 5.74) is 25.7. The molecule has 8 atom stereocenters. The molecule has 0 bridgehead atoms. The average molecular weight is 1120 g/mol. The van der Waals surface area contributed by atoms with Crippen molar-refractivity contribution in [2.24, 2.45) is 22.9 Å². The van der Waals surface area contributed by atoms with Crippen LogP contribution in [-0.2, 0) is 73.6 Å². The number of aliphatic carboxylic acids is 2. The number of rotatable bonds is 37. The summed E-state index contributed by atoms with van der Waals surface area (Å²) in [7, 11) is 0. The first-order valence-corrected chi connectivity index (χ1v) is 27.0. The predicted octanol–water partition coefficient (Wildman–Crippen LogP) is 0.151. The number of carboxylic acid groups (broad SMARTS) is 2. The number of hydrogen-bond donors (Lipinski definition) is 13. The van der Waals surface area contributed by atoms with Crippen molar-refractivity contribution >= 4 is 59.2 Å². The van der Waals surface area contributed by atoms with E-state index in [0.29, 0.717) is 54.5 Å². The highest BCUT2D eigenvalue weighted by atomic mass is 16.4. The van der Waals surface area contributed by atoms with Crippen LogP contribution >= 0.6 is 0 Å². The highest BCUT2D eigenvalue weighted by Gasteiger charge is 2.35. The van der Waals surface area contributed by atoms with E-state index < -0.39 is 133 Å². The number of nitrogens with two attached hydrogens (primary N) is 4. The summed E-state index contributed by atoms with van der Waals surface area (Å²) in [4.78, 5) is 136. The highest BCUT2D eigenvalue weighted by molar-refractivity contribution is 5.98. The van der Waals surface area contributed by atoms with Gasteiger partial charge in [0, 0.05) is 38.5 Å². The second-order valence-electron chi connectivity index (χ2n) is 19.6. The number of unbranched alkanes of at least 4 members (excludes halogenated alkanes) is 2. The molecule has 0 heterocycles. The lowest BCUT2D eigenvalue weighted by atomic mass is 10.0. The van der Waals surface area contributed by atoms with Gasteiger partial charge in [-0.2, -0.15) is 0 Å². The summed E-state index contributed by atoms with van der Waals surface area (Å²) in [5, 5.41) is 37.8. The fourth-order valence-electron chi connectivity index (χ4n) is 8.64. The molecule has 0 aromatic heterocycles. The Kier molecular flexibility index (Phi) is 28.2. The van der Waals surface area contributed by atoms with Gasteiger partial charge in [-0.1, -0.05) is 128 Å². The number of carbonyl (C=O) groups is 10. The number of hydrogen-bond acceptors (Lipinski definition) is 13. The van der Waals surface area contributed by atoms with E-state index in [4.69, 9.17) is 22.9 Å². The lowest BCUT2D eigenvalue weighted by Gasteiger charge is -2.28. The van der Waals surface area contributed by atoms with Gasteiger partial charge < -0.3 is 70.4 Å². The normalized spacial score (nSPS) is 13.9. The minimum Gasteiger partial charge on any atom is -0.481 e. The third-order valence-electron chi connectivity index (χ3n) is 13.1. The quantitative estimate of drug-likeness (QED) is 0.0268. The first kappa shape index (κ1) is 65.0. The van der Waals surface area contributed by atoms with Crippen molar-refractivity contribution in [1.82, 2.24) is 37.2 Å². The minimum absolute atomic E-state index is 0.00750. The van der Waals surface area contributed by atoms with Crippen LogP contribution in [0.3, 0.4) is 0 Å². The lowest BCUT2D eigenvalue weighted by Crippen LogP contribution is -2.61. The van der Waals surface area contributed by atoms with Gasteiger partial charge in [-0.3, -0.25) is 47.9 Å². The summed E-state index contributed by atoms with van der Waals surface area (Å²) in [6, 6.07) is 23.4. The molecule has 0 aliphatic heterocycles. The van der Waals surface area contributed by atoms with E-state index in [2.05, 4.69) is 37.2 Å². The molecule has 0 saturated heterocycles. The Balaban J connectivity index is 1.64. The van der Waals surface area contributed by atoms with Crippen molar-refractivity contribution in [3.8, 4) is 0 Å². The summed E-state index contributed by atoms with van der Waals surface area (Å²) in [6.07, 6.45) is -0.244. The second kappa shape index (κ2) is 35.2. The van der Waals surface area contributed by atoms with Crippen LogP contribution in [0.5, 0.6) is 0 Å². The number of primary amides is 1. The second-order valence-corrected chi connectivity index (χ2v) is 19.6. The fraction of sp³-hybridized carbons (Fsp3) is 0.414. The van der Waals surface area contributed by atoms with Crippen LogP contribution in [-0.4, -0.2) is 131 Å². The van der Waals surface area contributed by atoms with Gasteiger partial charge in [-0.05, 0) is 80.3 Å². The molecule has 4 aromatic rings. The Morgan fingerprint density at radius 1 is 0.346 bits per heavy atom. The smallest absolute Gasteiger partial charge is 0.303 e. The van der Waals surface area contributed by atoms with Crippen molar-refractivity contribution in [2.75, 3.05) is 13.1 Å². The molecule has 0 unspecified atom stereocenters. The maximum Gasteiger partial charge on any atom is 0.303 e. The number of nitrogens with one attached hydrogen (secondary N) is 7. The van der Waals surface area contributed by atoms with E-state index >= 15 is 0 Å². The van der Waals surface area contributed by atoms with E-state index in [1.165, 1.54) is 0 Å². The first-order valence-electron chi connectivity index (χ1n) is 27.0. The first-order chi connectivity index (χ1) is 38.9. The molecule has 23 heteroatoms. The van der Waals surface area contributed by atoms with Gasteiger partial charge in [0.15, 0.2) is 0 Å². The minimum atomic E-state index is -1.57. The Morgan fingerprint density at radius 2 is 0.605 bits per heavy atom. The van der Waals surface area contributed by atoms with Gasteiger partial charge in [0.1, 0.15) is 42.3 Å². The average Bonchev–Trinajstić information content (AvgIpc) is 3.45. The molecule has 0 fully saturated rings. The molecule has 4 rings (SSSR count). The molecule has 0 aliphatic rings. The molecule has 8 amide bonds. The number of amides is 8. The molecule has 17 N–H and O–H groups in total. The zero-order chi connectivity index (χ0) is 59.1. The highest BCUT2D eigenvalue weighted by Crippen LogP contribution is 2.13. The zero-order valence-electron chi connectivity index (χ0n) is 45.3. The van der Waals surface area contributed by atoms with Gasteiger partial charge in [0.2, 0.25) is 47.3 Å². The number of carbonyl (C=O) groups excluding carboxylic acids is 8. The Morgan fingerprint density at radius 3 is 0.914 bits per heavy atom. The monoisotopic (exact) mass is 1120 g/mol. The maximum absolute atomic E-state index is 14.7. The van der Waals surface area contributed by atoms with Crippen LogP contribution in [0.1, 0.15) is 86.5 Å². The molecular weight excluding hydrogens is 1040 g/mol. The number of carboxylic acids is 2. The summed E-state index contributed by atoms with van der Waals surface area (Å²) in [5.74, 6) is -9.46. The zero-order valence-corrected chi connectivity index (χ0v) is 45.3. The van der Waals surface area contributed by atoms with E-state index in [0.717, 1.165) is 0 Å². The van der Waals surface area contributed by atoms with Crippen molar-refractivity contribution in [1.29, 1.82) is 0 Å². The molecule has 23 nitrogen and oxygen atoms in total. The van der Waals surface area contributed by atoms with Crippen molar-refractivity contribution in [3.63, 3.8) is 0 Å². The fourth-order valence-corrected chi connectivity index (χ4v) is 8.64. The van der Waals surface area contributed by atoms with E-state index in [1.54, 1.807) is 121 Å². The molecule has 0 saturated carbocycles. The molecule has 0 radical (unpaired) electrons. The van der Waals surface area contributed by atoms with Gasteiger partial charge in [0.25, 0.3) is 0 Å². The molecule has 0 aliphatic carbocycles. The maximum atomic E-state index is 14.7. The standard InChI is InChI=1S/C58H77N11O12/c59-31-15-13-25-41(61)52(75)67-46(34-38-19-7-2-8-20-38)56(79)65-44(28-30-50(72)73)55(78)69-47(35-39-21-9-3-10-22-39)57(80)63-42(26-14-16-32-60)53(76)68-48(36-40-23-11-4-12-24-40)58(81)64-43(27-29-49(70)71)54(77)66-45(51(62)74)33-37-17-5-1-6-18-37/h1-12,17-24,41-48H,13-16,25-36,59-61H2,(H2,62,74)(H,63,80)(H,64,81)(H,65,79)(H,66,77)(H,67,75)(H,68,76)(H,69,78)(H,70,71)(H,72,73)/t41-,42-,43-,44-,45-,46-,47-,48-/m0/s1. The van der Waals surface area contributed by atoms with E-state index in [-0.39, 0.29) is 45.1 Å². The van der Waals surface area contributed by atoms with Crippen molar-refractivity contribution in [2.45, 2.75) is 138 Å². The van der Waals surface area contributed by atoms with Gasteiger partial charge in [-0.25, -0.2) is 0 Å². The van der Waals surface area contributed by atoms with E-state index in [9.17, 15) is 58.2 Å². The van der Waals surface area contributed by atoms with Crippen LogP contribution in [0.25, 0.3) is 0 Å². The van der Waals surface area contributed by atoms with Crippen molar-refractivity contribution < 1.29 is 58.2 Å². The predicted molar refractivity (Wildman–Crippen MR) is 301 cm³/mol. The molecule has 4 aromatic carbocycles. The van der Waals surface area contributed by atoms with Crippen LogP contribution in [0.15, 0.2) is 121 Å². The third kappa shape index (κ3) is 24.2. The number of benzene rings is 4. The summed E-state index contributed by atoms with van der Waals surface area (Å²) >= 11 is 0. The van der Waals surface area contributed by atoms with Gasteiger partial charge in [-0.15, -0.1) is 0 Å². The molecule has 0 spiro atoms. The Bertz CT molecular complexity index is 2670. The van der Waals surface area contributed by atoms with Crippen LogP contribution in [0.4, 0.5) is 0 Å². The molecular formula is C58H77N11O12. The van der Waals surface area contributed by atoms with E-state index in [1.807, 2.05) is 0 Å². The summed E-state index contributed by atoms with van der Waals surface area (Å²) < 4.78 is 0. The largest absolute Gasteiger partial charge is 0.481 e. The van der Waals surface area contributed by atoms with Crippen molar-refractivity contribution in [3.05, 3.63) is 144 Å². The van der Waals surface area contributed by atoms with Crippen LogP contribution in [0, 0.1) is 0 Å². The lowest BCUT2D eigenvalue weighted by molar-refractivity contribution is -0.139. The topological polar surface area (TPSA) is 399 Å². The SMILES string of the molecule is NCCCC[C@H](NC(=O)[C@H](Cc1ccccc1)NC(=O)[C@H](CCC(=O)O)NC(=O)[C@H](Cc1ccccc1)NC(=O)[C@@H](N)CCCCN)C(=O)N[C@@H](Cc1ccccc1)C(=O)N[C@@H](CCC(=O)O)C(=O)N[C@@H](Cc1ccccc1)C(N)=O. The van der Waals surface area contributed by atoms with Crippen LogP contribution in [0.2, 0.25) is 0 Å². The third-order valence-corrected chi connectivity index (χ3v) is 13.1. The van der Waals surface area contributed by atoms with Gasteiger partial charge in [0.05, 0.1) is 6.04 Å². The van der Waals surface area contributed by atoms with Crippen LogP contribution < -0.4 is 60.2 Å². The Labute approximate surface area is 470 Å². The summed E-state index contributed by atoms with van der Waals surface area (Å²) in [6.45, 7) is 0.613. The molecule has 81 heavy (non-hydrogen) atoms. The Hall–Kier alpha value is -8.54. The van der Waals surface area contributed by atoms with Gasteiger partial charge >= 0.3 is 11.9 Å². The molecule has 436 valence electrons.